The van der Waals surface area contributed by atoms with E-state index in [1.54, 1.807) is 0 Å². The van der Waals surface area contributed by atoms with Crippen LogP contribution in [0.15, 0.2) is 11.1 Å². The zero-order valence-corrected chi connectivity index (χ0v) is 9.60. The minimum Gasteiger partial charge on any atom is -0.0670 e. The Bertz CT molecular complexity index is 282. The van der Waals surface area contributed by atoms with Gasteiger partial charge in [0.25, 0.3) is 0 Å². The fourth-order valence-electron chi connectivity index (χ4n) is 4.54. The molecule has 0 aromatic carbocycles. The minimum atomic E-state index is 0.566. The van der Waals surface area contributed by atoms with Crippen molar-refractivity contribution in [2.45, 2.75) is 58.8 Å². The van der Waals surface area contributed by atoms with Crippen LogP contribution >= 0.6 is 0 Å². The number of hydrogen-bond donors (Lipinski definition) is 0. The summed E-state index contributed by atoms with van der Waals surface area (Å²) in [5.41, 5.74) is 4.37. The molecule has 0 radical (unpaired) electrons. The van der Waals surface area contributed by atoms with Crippen molar-refractivity contribution in [3.63, 3.8) is 0 Å². The number of allylic oxidation sites excluding steroid dienone is 2. The maximum absolute atomic E-state index is 2.52. The molecule has 0 nitrogen and oxygen atoms in total. The molecule has 3 rings (SSSR count). The molecule has 78 valence electrons. The van der Waals surface area contributed by atoms with Crippen LogP contribution in [0.1, 0.15) is 58.8 Å². The predicted octanol–water partition coefficient (Wildman–Crippen LogP) is 4.31. The van der Waals surface area contributed by atoms with Crippen LogP contribution in [0.5, 0.6) is 0 Å². The molecule has 0 saturated heterocycles. The Morgan fingerprint density at radius 2 is 1.79 bits per heavy atom. The van der Waals surface area contributed by atoms with Crippen molar-refractivity contribution < 1.29 is 0 Å². The van der Waals surface area contributed by atoms with Gasteiger partial charge in [-0.2, -0.15) is 0 Å². The summed E-state index contributed by atoms with van der Waals surface area (Å²) >= 11 is 0. The van der Waals surface area contributed by atoms with E-state index in [0.717, 1.165) is 11.8 Å². The SMILES string of the molecule is CC1(C)C2=C(CCCC2)[C@H]2CCC[C@H]21. The third kappa shape index (κ3) is 1.00. The maximum atomic E-state index is 2.52. The Morgan fingerprint density at radius 3 is 2.64 bits per heavy atom. The summed E-state index contributed by atoms with van der Waals surface area (Å²) in [6.45, 7) is 5.04. The third-order valence-electron chi connectivity index (χ3n) is 5.18. The molecule has 0 amide bonds. The molecular weight excluding hydrogens is 168 g/mol. The van der Waals surface area contributed by atoms with Crippen LogP contribution in [0, 0.1) is 17.3 Å². The quantitative estimate of drug-likeness (QED) is 0.499. The Hall–Kier alpha value is -0.260. The Morgan fingerprint density at radius 1 is 1.00 bits per heavy atom. The zero-order valence-electron chi connectivity index (χ0n) is 9.60. The van der Waals surface area contributed by atoms with Gasteiger partial charge in [0, 0.05) is 0 Å². The molecule has 0 aromatic rings. The lowest BCUT2D eigenvalue weighted by molar-refractivity contribution is 0.258. The topological polar surface area (TPSA) is 0 Å². The van der Waals surface area contributed by atoms with E-state index in [2.05, 4.69) is 13.8 Å². The molecule has 1 fully saturated rings. The smallest absolute Gasteiger partial charge is 0.0108 e. The first-order valence-electron chi connectivity index (χ1n) is 6.43. The first-order chi connectivity index (χ1) is 6.71. The van der Waals surface area contributed by atoms with E-state index in [0.29, 0.717) is 5.41 Å². The van der Waals surface area contributed by atoms with Gasteiger partial charge in [0.2, 0.25) is 0 Å². The molecule has 0 spiro atoms. The molecule has 3 aliphatic carbocycles. The van der Waals surface area contributed by atoms with Crippen molar-refractivity contribution in [2.75, 3.05) is 0 Å². The second-order valence-corrected chi connectivity index (χ2v) is 6.08. The Labute approximate surface area is 87.8 Å². The molecule has 0 N–H and O–H groups in total. The van der Waals surface area contributed by atoms with Crippen LogP contribution in [0.4, 0.5) is 0 Å². The fraction of sp³-hybridized carbons (Fsp3) is 0.857. The Balaban J connectivity index is 2.04. The van der Waals surface area contributed by atoms with Gasteiger partial charge in [-0.25, -0.2) is 0 Å². The largest absolute Gasteiger partial charge is 0.0670 e. The number of hydrogen-bond acceptors (Lipinski definition) is 0. The highest BCUT2D eigenvalue weighted by molar-refractivity contribution is 5.34. The molecule has 0 heteroatoms. The van der Waals surface area contributed by atoms with Crippen LogP contribution < -0.4 is 0 Å². The van der Waals surface area contributed by atoms with Crippen molar-refractivity contribution in [3.8, 4) is 0 Å². The molecule has 1 saturated carbocycles. The molecule has 2 atom stereocenters. The van der Waals surface area contributed by atoms with E-state index in [1.165, 1.54) is 44.9 Å². The van der Waals surface area contributed by atoms with E-state index < -0.39 is 0 Å². The summed E-state index contributed by atoms with van der Waals surface area (Å²) in [6.07, 6.45) is 10.3. The number of fused-ring (bicyclic) bond motifs is 2. The predicted molar refractivity (Wildman–Crippen MR) is 60.1 cm³/mol. The molecule has 0 aromatic heterocycles. The molecular formula is C14H22. The lowest BCUT2D eigenvalue weighted by Gasteiger charge is -2.31. The average Bonchev–Trinajstić information content (AvgIpc) is 2.72. The maximum Gasteiger partial charge on any atom is -0.0108 e. The first kappa shape index (κ1) is 9.00. The fourth-order valence-corrected chi connectivity index (χ4v) is 4.54. The third-order valence-corrected chi connectivity index (χ3v) is 5.18. The van der Waals surface area contributed by atoms with Gasteiger partial charge in [-0.05, 0) is 55.8 Å². The monoisotopic (exact) mass is 190 g/mol. The van der Waals surface area contributed by atoms with Gasteiger partial charge in [-0.1, -0.05) is 31.4 Å². The van der Waals surface area contributed by atoms with E-state index in [4.69, 9.17) is 0 Å². The van der Waals surface area contributed by atoms with E-state index in [1.807, 2.05) is 11.1 Å². The summed E-state index contributed by atoms with van der Waals surface area (Å²) in [4.78, 5) is 0. The second-order valence-electron chi connectivity index (χ2n) is 6.08. The van der Waals surface area contributed by atoms with Gasteiger partial charge in [0.1, 0.15) is 0 Å². The normalized spacial score (nSPS) is 39.9. The van der Waals surface area contributed by atoms with Crippen molar-refractivity contribution in [2.24, 2.45) is 17.3 Å². The van der Waals surface area contributed by atoms with Gasteiger partial charge in [-0.15, -0.1) is 0 Å². The lowest BCUT2D eigenvalue weighted by Crippen LogP contribution is -2.22. The van der Waals surface area contributed by atoms with Crippen molar-refractivity contribution in [1.29, 1.82) is 0 Å². The lowest BCUT2D eigenvalue weighted by atomic mass is 9.74. The standard InChI is InChI=1S/C14H22/c1-14(2)12-8-4-3-6-10(12)11-7-5-9-13(11)14/h11,13H,3-9H2,1-2H3/t11-,13-/m1/s1. The van der Waals surface area contributed by atoms with Crippen LogP contribution in [-0.2, 0) is 0 Å². The minimum absolute atomic E-state index is 0.566. The Kier molecular flexibility index (Phi) is 1.84. The summed E-state index contributed by atoms with van der Waals surface area (Å²) in [5.74, 6) is 2.03. The van der Waals surface area contributed by atoms with Crippen molar-refractivity contribution in [1.82, 2.24) is 0 Å². The van der Waals surface area contributed by atoms with Crippen LogP contribution in [0.3, 0.4) is 0 Å². The highest BCUT2D eigenvalue weighted by Crippen LogP contribution is 2.60. The van der Waals surface area contributed by atoms with Crippen LogP contribution in [-0.4, -0.2) is 0 Å². The molecule has 0 unspecified atom stereocenters. The summed E-state index contributed by atoms with van der Waals surface area (Å²) in [6, 6.07) is 0. The summed E-state index contributed by atoms with van der Waals surface area (Å²) in [5, 5.41) is 0. The van der Waals surface area contributed by atoms with E-state index in [9.17, 15) is 0 Å². The van der Waals surface area contributed by atoms with Gasteiger partial charge >= 0.3 is 0 Å². The molecule has 0 aliphatic heterocycles. The molecule has 3 aliphatic rings. The van der Waals surface area contributed by atoms with Crippen molar-refractivity contribution >= 4 is 0 Å². The first-order valence-corrected chi connectivity index (χ1v) is 6.43. The van der Waals surface area contributed by atoms with Gasteiger partial charge in [-0.3, -0.25) is 0 Å². The zero-order chi connectivity index (χ0) is 9.76. The summed E-state index contributed by atoms with van der Waals surface area (Å²) < 4.78 is 0. The van der Waals surface area contributed by atoms with E-state index >= 15 is 0 Å². The molecule has 0 heterocycles. The van der Waals surface area contributed by atoms with Gasteiger partial charge in [0.05, 0.1) is 0 Å². The van der Waals surface area contributed by atoms with E-state index in [-0.39, 0.29) is 0 Å². The highest BCUT2D eigenvalue weighted by atomic mass is 14.5. The van der Waals surface area contributed by atoms with Crippen molar-refractivity contribution in [3.05, 3.63) is 11.1 Å². The van der Waals surface area contributed by atoms with Crippen LogP contribution in [0.25, 0.3) is 0 Å². The molecule has 0 bridgehead atoms. The average molecular weight is 190 g/mol. The highest BCUT2D eigenvalue weighted by Gasteiger charge is 2.49. The number of rotatable bonds is 0. The molecule has 14 heavy (non-hydrogen) atoms. The van der Waals surface area contributed by atoms with Gasteiger partial charge < -0.3 is 0 Å². The van der Waals surface area contributed by atoms with Gasteiger partial charge in [0.15, 0.2) is 0 Å². The van der Waals surface area contributed by atoms with Crippen LogP contribution in [0.2, 0.25) is 0 Å². The summed E-state index contributed by atoms with van der Waals surface area (Å²) in [7, 11) is 0. The second kappa shape index (κ2) is 2.87.